The Morgan fingerprint density at radius 3 is 1.25 bits per heavy atom. The molecule has 0 radical (unpaired) electrons. The molecule has 1 atom stereocenters. The minimum Gasteiger partial charge on any atom is -1.00 e. The topological polar surface area (TPSA) is 20.2 Å². The predicted octanol–water partition coefficient (Wildman–Crippen LogP) is -5.45. The van der Waals surface area contributed by atoms with Gasteiger partial charge >= 0.3 is 18.9 Å². The summed E-state index contributed by atoms with van der Waals surface area (Å²) in [5.74, 6) is 0. The third-order valence-corrected chi connectivity index (χ3v) is 0.208. The summed E-state index contributed by atoms with van der Waals surface area (Å²) < 4.78 is 31.7. The molecule has 0 saturated carbocycles. The van der Waals surface area contributed by atoms with E-state index in [0.29, 0.717) is 0 Å². The molecule has 0 aliphatic heterocycles. The molecule has 0 aliphatic carbocycles. The van der Waals surface area contributed by atoms with Gasteiger partial charge in [0.25, 0.3) is 12.8 Å². The normalized spacial score (nSPS) is 11.6. The Labute approximate surface area is 67.2 Å². The van der Waals surface area contributed by atoms with E-state index in [0.717, 1.165) is 0 Å². The van der Waals surface area contributed by atoms with Crippen molar-refractivity contribution in [3.8, 4) is 0 Å². The SMILES string of the molecule is OC(F)C(F)F.[Br-].[Li+]. The third kappa shape index (κ3) is 9.95. The quantitative estimate of drug-likeness (QED) is 0.406. The van der Waals surface area contributed by atoms with Crippen molar-refractivity contribution in [2.45, 2.75) is 12.8 Å². The summed E-state index contributed by atoms with van der Waals surface area (Å²) in [4.78, 5) is 0. The van der Waals surface area contributed by atoms with E-state index in [9.17, 15) is 13.2 Å². The van der Waals surface area contributed by atoms with E-state index in [4.69, 9.17) is 5.11 Å². The van der Waals surface area contributed by atoms with E-state index >= 15 is 0 Å². The van der Waals surface area contributed by atoms with E-state index in [2.05, 4.69) is 0 Å². The monoisotopic (exact) mass is 186 g/mol. The molecule has 0 bridgehead atoms. The van der Waals surface area contributed by atoms with Crippen LogP contribution >= 0.6 is 0 Å². The summed E-state index contributed by atoms with van der Waals surface area (Å²) in [5.41, 5.74) is 0. The van der Waals surface area contributed by atoms with Gasteiger partial charge in [-0.1, -0.05) is 0 Å². The maximum Gasteiger partial charge on any atom is 1.00 e. The fourth-order valence-corrected chi connectivity index (χ4v) is 0. The number of hydrogen-bond acceptors (Lipinski definition) is 1. The van der Waals surface area contributed by atoms with Crippen LogP contribution in [-0.2, 0) is 0 Å². The Morgan fingerprint density at radius 2 is 1.25 bits per heavy atom. The van der Waals surface area contributed by atoms with Crippen LogP contribution in [-0.4, -0.2) is 17.9 Å². The van der Waals surface area contributed by atoms with Crippen LogP contribution in [0.1, 0.15) is 0 Å². The van der Waals surface area contributed by atoms with Gasteiger partial charge in [-0.3, -0.25) is 0 Å². The van der Waals surface area contributed by atoms with E-state index in [1.54, 1.807) is 0 Å². The smallest absolute Gasteiger partial charge is 1.00 e. The molecule has 0 aromatic carbocycles. The van der Waals surface area contributed by atoms with Gasteiger partial charge in [-0.25, -0.2) is 13.2 Å². The average molecular weight is 187 g/mol. The van der Waals surface area contributed by atoms with Crippen molar-refractivity contribution in [2.24, 2.45) is 0 Å². The number of alkyl halides is 3. The number of halogens is 4. The van der Waals surface area contributed by atoms with Crippen molar-refractivity contribution in [1.29, 1.82) is 0 Å². The molecule has 1 N–H and O–H groups in total. The first kappa shape index (κ1) is 15.9. The van der Waals surface area contributed by atoms with E-state index < -0.39 is 12.8 Å². The second-order valence-corrected chi connectivity index (χ2v) is 0.707. The molecular formula is C2H3BrF3LiO. The van der Waals surface area contributed by atoms with E-state index in [1.807, 2.05) is 0 Å². The first-order chi connectivity index (χ1) is 2.64. The first-order valence-electron chi connectivity index (χ1n) is 1.25. The summed E-state index contributed by atoms with van der Waals surface area (Å²) in [6.07, 6.45) is -6.24. The first-order valence-corrected chi connectivity index (χ1v) is 1.25. The number of aliphatic hydroxyl groups is 1. The fraction of sp³-hybridized carbons (Fsp3) is 1.00. The summed E-state index contributed by atoms with van der Waals surface area (Å²) in [6, 6.07) is 0. The van der Waals surface area contributed by atoms with Crippen molar-refractivity contribution in [3.05, 3.63) is 0 Å². The molecule has 0 aromatic rings. The van der Waals surface area contributed by atoms with Gasteiger partial charge in [0.15, 0.2) is 0 Å². The fourth-order valence-electron chi connectivity index (χ4n) is 0. The van der Waals surface area contributed by atoms with Crippen LogP contribution in [0.3, 0.4) is 0 Å². The van der Waals surface area contributed by atoms with Crippen molar-refractivity contribution in [3.63, 3.8) is 0 Å². The van der Waals surface area contributed by atoms with Crippen LogP contribution in [0.5, 0.6) is 0 Å². The van der Waals surface area contributed by atoms with Crippen molar-refractivity contribution < 1.29 is 54.1 Å². The van der Waals surface area contributed by atoms with Crippen LogP contribution < -0.4 is 35.8 Å². The molecule has 8 heavy (non-hydrogen) atoms. The van der Waals surface area contributed by atoms with E-state index in [-0.39, 0.29) is 35.8 Å². The molecule has 0 rings (SSSR count). The Hall–Kier alpha value is 0.827. The summed E-state index contributed by atoms with van der Waals surface area (Å²) >= 11 is 0. The molecule has 0 spiro atoms. The zero-order valence-corrected chi connectivity index (χ0v) is 5.70. The van der Waals surface area contributed by atoms with Gasteiger partial charge < -0.3 is 22.1 Å². The maximum atomic E-state index is 10.6. The van der Waals surface area contributed by atoms with Gasteiger partial charge in [0.1, 0.15) is 0 Å². The summed E-state index contributed by atoms with van der Waals surface area (Å²) in [6.45, 7) is 0. The number of aliphatic hydroxyl groups excluding tert-OH is 1. The largest absolute Gasteiger partial charge is 1.00 e. The maximum absolute atomic E-state index is 10.6. The van der Waals surface area contributed by atoms with Gasteiger partial charge in [-0.2, -0.15) is 0 Å². The van der Waals surface area contributed by atoms with Crippen LogP contribution in [0.2, 0.25) is 0 Å². The molecule has 1 unspecified atom stereocenters. The van der Waals surface area contributed by atoms with Gasteiger partial charge in [0, 0.05) is 0 Å². The number of rotatable bonds is 1. The van der Waals surface area contributed by atoms with Crippen LogP contribution in [0.4, 0.5) is 13.2 Å². The van der Waals surface area contributed by atoms with Crippen molar-refractivity contribution in [2.75, 3.05) is 0 Å². The molecule has 0 amide bonds. The Morgan fingerprint density at radius 1 is 1.12 bits per heavy atom. The van der Waals surface area contributed by atoms with E-state index in [1.165, 1.54) is 0 Å². The van der Waals surface area contributed by atoms with Gasteiger partial charge in [-0.05, 0) is 0 Å². The number of hydrogen-bond donors (Lipinski definition) is 1. The Balaban J connectivity index is -0.000000125. The second kappa shape index (κ2) is 7.83. The zero-order valence-electron chi connectivity index (χ0n) is 4.11. The Bertz CT molecular complexity index is 38.3. The second-order valence-electron chi connectivity index (χ2n) is 0.707. The molecular weight excluding hydrogens is 184 g/mol. The molecule has 0 aromatic heterocycles. The minimum atomic E-state index is -3.26. The molecule has 6 heteroatoms. The van der Waals surface area contributed by atoms with Crippen LogP contribution in [0.25, 0.3) is 0 Å². The minimum absolute atomic E-state index is 0. The summed E-state index contributed by atoms with van der Waals surface area (Å²) in [5, 5.41) is 7.21. The Kier molecular flexibility index (Phi) is 15.6. The molecule has 0 heterocycles. The van der Waals surface area contributed by atoms with Gasteiger partial charge in [0.05, 0.1) is 0 Å². The average Bonchev–Trinajstić information content (AvgIpc) is 1.36. The zero-order chi connectivity index (χ0) is 5.15. The molecule has 0 aliphatic rings. The van der Waals surface area contributed by atoms with Gasteiger partial charge in [-0.15, -0.1) is 0 Å². The van der Waals surface area contributed by atoms with Gasteiger partial charge in [0.2, 0.25) is 0 Å². The molecule has 0 saturated heterocycles. The van der Waals surface area contributed by atoms with Crippen LogP contribution in [0.15, 0.2) is 0 Å². The van der Waals surface area contributed by atoms with Crippen molar-refractivity contribution >= 4 is 0 Å². The standard InChI is InChI=1S/C2H3F3O.BrH.Li/c3-1(4)2(5)6;;/h1-2,6H;1H;/q;;+1/p-1. The molecule has 1 nitrogen and oxygen atoms in total. The molecule has 0 fully saturated rings. The predicted molar refractivity (Wildman–Crippen MR) is 13.1 cm³/mol. The third-order valence-electron chi connectivity index (χ3n) is 0.208. The molecule has 46 valence electrons. The van der Waals surface area contributed by atoms with Crippen molar-refractivity contribution in [1.82, 2.24) is 0 Å². The summed E-state index contributed by atoms with van der Waals surface area (Å²) in [7, 11) is 0. The van der Waals surface area contributed by atoms with Crippen LogP contribution in [0, 0.1) is 0 Å².